The maximum absolute atomic E-state index is 12.6. The quantitative estimate of drug-likeness (QED) is 0.849. The SMILES string of the molecule is Cc1ccc2nc(NC(=O)[C@@H]3[C@@H](C(=O)O)[C@H]4C=C[C@H]3C4)sc2c1. The zero-order valence-corrected chi connectivity index (χ0v) is 13.3. The molecule has 0 radical (unpaired) electrons. The molecule has 2 aliphatic rings. The second-order valence-corrected chi connectivity index (χ2v) is 7.35. The van der Waals surface area contributed by atoms with Gasteiger partial charge in [-0.05, 0) is 42.9 Å². The third-order valence-electron chi connectivity index (χ3n) is 4.82. The summed E-state index contributed by atoms with van der Waals surface area (Å²) in [4.78, 5) is 28.6. The fourth-order valence-electron chi connectivity index (χ4n) is 3.79. The van der Waals surface area contributed by atoms with Crippen molar-refractivity contribution in [2.24, 2.45) is 23.7 Å². The van der Waals surface area contributed by atoms with Gasteiger partial charge in [0.2, 0.25) is 5.91 Å². The number of aryl methyl sites for hydroxylation is 1. The summed E-state index contributed by atoms with van der Waals surface area (Å²) in [6, 6.07) is 5.94. The van der Waals surface area contributed by atoms with Crippen molar-refractivity contribution in [1.29, 1.82) is 0 Å². The zero-order chi connectivity index (χ0) is 16.1. The van der Waals surface area contributed by atoms with Gasteiger partial charge in [-0.1, -0.05) is 29.6 Å². The second-order valence-electron chi connectivity index (χ2n) is 6.32. The molecule has 2 aliphatic carbocycles. The first kappa shape index (κ1) is 14.4. The third-order valence-corrected chi connectivity index (χ3v) is 5.75. The Balaban J connectivity index is 1.59. The number of carboxylic acid groups (broad SMARTS) is 1. The monoisotopic (exact) mass is 328 g/mol. The van der Waals surface area contributed by atoms with Crippen molar-refractivity contribution in [3.63, 3.8) is 0 Å². The van der Waals surface area contributed by atoms with Gasteiger partial charge in [-0.2, -0.15) is 0 Å². The number of carbonyl (C=O) groups excluding carboxylic acids is 1. The Bertz CT molecular complexity index is 841. The van der Waals surface area contributed by atoms with Gasteiger partial charge in [0.05, 0.1) is 22.1 Å². The molecule has 1 aromatic heterocycles. The molecule has 2 bridgehead atoms. The first-order valence-corrected chi connectivity index (χ1v) is 8.44. The van der Waals surface area contributed by atoms with E-state index in [1.165, 1.54) is 11.3 Å². The molecule has 0 spiro atoms. The molecule has 1 fully saturated rings. The number of rotatable bonds is 3. The molecule has 6 heteroatoms. The van der Waals surface area contributed by atoms with E-state index in [4.69, 9.17) is 0 Å². The minimum atomic E-state index is -0.887. The number of allylic oxidation sites excluding steroid dienone is 2. The van der Waals surface area contributed by atoms with Gasteiger partial charge in [-0.15, -0.1) is 0 Å². The number of amides is 1. The van der Waals surface area contributed by atoms with Crippen molar-refractivity contribution in [3.8, 4) is 0 Å². The van der Waals surface area contributed by atoms with Crippen molar-refractivity contribution >= 4 is 38.6 Å². The number of nitrogens with zero attached hydrogens (tertiary/aromatic N) is 1. The van der Waals surface area contributed by atoms with Crippen LogP contribution in [0.3, 0.4) is 0 Å². The summed E-state index contributed by atoms with van der Waals surface area (Å²) in [6.07, 6.45) is 4.68. The van der Waals surface area contributed by atoms with Crippen LogP contribution < -0.4 is 5.32 Å². The first-order chi connectivity index (χ1) is 11.0. The number of fused-ring (bicyclic) bond motifs is 3. The fraction of sp³-hybridized carbons (Fsp3) is 0.353. The summed E-state index contributed by atoms with van der Waals surface area (Å²) in [7, 11) is 0. The van der Waals surface area contributed by atoms with E-state index in [-0.39, 0.29) is 17.7 Å². The Hall–Kier alpha value is -2.21. The number of carbonyl (C=O) groups is 2. The molecule has 1 amide bonds. The normalized spacial score (nSPS) is 28.4. The molecule has 1 heterocycles. The summed E-state index contributed by atoms with van der Waals surface area (Å²) >= 11 is 1.42. The summed E-state index contributed by atoms with van der Waals surface area (Å²) in [5.41, 5.74) is 1.99. The first-order valence-electron chi connectivity index (χ1n) is 7.62. The van der Waals surface area contributed by atoms with Crippen molar-refractivity contribution in [1.82, 2.24) is 4.98 Å². The van der Waals surface area contributed by atoms with Crippen molar-refractivity contribution in [3.05, 3.63) is 35.9 Å². The van der Waals surface area contributed by atoms with Crippen LogP contribution >= 0.6 is 11.3 Å². The molecule has 23 heavy (non-hydrogen) atoms. The Morgan fingerprint density at radius 1 is 1.26 bits per heavy atom. The van der Waals surface area contributed by atoms with Gasteiger partial charge >= 0.3 is 5.97 Å². The van der Waals surface area contributed by atoms with Crippen molar-refractivity contribution in [2.45, 2.75) is 13.3 Å². The lowest BCUT2D eigenvalue weighted by Gasteiger charge is -2.23. The average Bonchev–Trinajstić information content (AvgIpc) is 3.18. The van der Waals surface area contributed by atoms with Crippen LogP contribution in [-0.2, 0) is 9.59 Å². The van der Waals surface area contributed by atoms with Gasteiger partial charge in [0.1, 0.15) is 0 Å². The van der Waals surface area contributed by atoms with E-state index in [0.717, 1.165) is 22.2 Å². The number of carboxylic acids is 1. The Labute approximate surface area is 137 Å². The second kappa shape index (κ2) is 5.16. The van der Waals surface area contributed by atoms with Crippen LogP contribution in [0.15, 0.2) is 30.4 Å². The zero-order valence-electron chi connectivity index (χ0n) is 12.5. The Morgan fingerprint density at radius 3 is 2.74 bits per heavy atom. The summed E-state index contributed by atoms with van der Waals surface area (Å²) < 4.78 is 1.02. The molecule has 2 aromatic rings. The molecular weight excluding hydrogens is 312 g/mol. The van der Waals surface area contributed by atoms with Crippen molar-refractivity contribution in [2.75, 3.05) is 5.32 Å². The van der Waals surface area contributed by atoms with E-state index < -0.39 is 17.8 Å². The number of anilines is 1. The van der Waals surface area contributed by atoms with Crippen LogP contribution in [0.5, 0.6) is 0 Å². The molecule has 118 valence electrons. The lowest BCUT2D eigenvalue weighted by molar-refractivity contribution is -0.146. The highest BCUT2D eigenvalue weighted by Crippen LogP contribution is 2.48. The maximum Gasteiger partial charge on any atom is 0.307 e. The average molecular weight is 328 g/mol. The highest BCUT2D eigenvalue weighted by atomic mass is 32.1. The molecular formula is C17H16N2O3S. The van der Waals surface area contributed by atoms with Crippen LogP contribution in [0.1, 0.15) is 12.0 Å². The largest absolute Gasteiger partial charge is 0.481 e. The van der Waals surface area contributed by atoms with Crippen LogP contribution in [0.2, 0.25) is 0 Å². The molecule has 2 N–H and O–H groups in total. The van der Waals surface area contributed by atoms with Gasteiger partial charge in [-0.3, -0.25) is 9.59 Å². The van der Waals surface area contributed by atoms with E-state index in [2.05, 4.69) is 10.3 Å². The third kappa shape index (κ3) is 2.34. The molecule has 0 unspecified atom stereocenters. The number of hydrogen-bond donors (Lipinski definition) is 2. The standard InChI is InChI=1S/C17H16N2O3S/c1-8-2-5-11-12(6-8)23-17(18-11)19-15(20)13-9-3-4-10(7-9)14(13)16(21)22/h2-6,9-10,13-14H,7H2,1H3,(H,21,22)(H,18,19,20)/t9-,10-,13-,14-/m0/s1. The molecule has 0 saturated heterocycles. The number of aromatic nitrogens is 1. The topological polar surface area (TPSA) is 79.3 Å². The predicted molar refractivity (Wildman–Crippen MR) is 88.3 cm³/mol. The Morgan fingerprint density at radius 2 is 2.00 bits per heavy atom. The number of thiazole rings is 1. The van der Waals surface area contributed by atoms with Gasteiger partial charge in [0, 0.05) is 0 Å². The molecule has 4 rings (SSSR count). The minimum Gasteiger partial charge on any atom is -0.481 e. The number of benzene rings is 1. The molecule has 0 aliphatic heterocycles. The van der Waals surface area contributed by atoms with Crippen LogP contribution in [0.25, 0.3) is 10.2 Å². The van der Waals surface area contributed by atoms with Crippen LogP contribution in [0, 0.1) is 30.6 Å². The molecule has 1 aromatic carbocycles. The summed E-state index contributed by atoms with van der Waals surface area (Å²) in [6.45, 7) is 2.01. The lowest BCUT2D eigenvalue weighted by Crippen LogP contribution is -2.36. The number of aliphatic carboxylic acids is 1. The lowest BCUT2D eigenvalue weighted by atomic mass is 9.82. The van der Waals surface area contributed by atoms with E-state index in [1.54, 1.807) is 0 Å². The number of nitrogens with one attached hydrogen (secondary N) is 1. The van der Waals surface area contributed by atoms with E-state index >= 15 is 0 Å². The van der Waals surface area contributed by atoms with Crippen LogP contribution in [-0.4, -0.2) is 22.0 Å². The van der Waals surface area contributed by atoms with Gasteiger partial charge in [0.25, 0.3) is 0 Å². The van der Waals surface area contributed by atoms with Gasteiger partial charge in [0.15, 0.2) is 5.13 Å². The van der Waals surface area contributed by atoms with Crippen LogP contribution in [0.4, 0.5) is 5.13 Å². The predicted octanol–water partition coefficient (Wildman–Crippen LogP) is 3.07. The van der Waals surface area contributed by atoms with E-state index in [9.17, 15) is 14.7 Å². The van der Waals surface area contributed by atoms with Crippen molar-refractivity contribution < 1.29 is 14.7 Å². The molecule has 1 saturated carbocycles. The van der Waals surface area contributed by atoms with E-state index in [1.807, 2.05) is 37.3 Å². The Kier molecular flexibility index (Phi) is 3.23. The van der Waals surface area contributed by atoms with E-state index in [0.29, 0.717) is 5.13 Å². The highest BCUT2D eigenvalue weighted by molar-refractivity contribution is 7.22. The molecule has 5 nitrogen and oxygen atoms in total. The summed E-state index contributed by atoms with van der Waals surface area (Å²) in [5.74, 6) is -2.24. The summed E-state index contributed by atoms with van der Waals surface area (Å²) in [5, 5.41) is 12.8. The molecule has 4 atom stereocenters. The van der Waals surface area contributed by atoms with Gasteiger partial charge < -0.3 is 10.4 Å². The maximum atomic E-state index is 12.6. The fourth-order valence-corrected chi connectivity index (χ4v) is 4.76. The van der Waals surface area contributed by atoms with Gasteiger partial charge in [-0.25, -0.2) is 4.98 Å². The highest BCUT2D eigenvalue weighted by Gasteiger charge is 2.51. The minimum absolute atomic E-state index is 0.0220. The number of hydrogen-bond acceptors (Lipinski definition) is 4. The smallest absolute Gasteiger partial charge is 0.307 e.